The number of nitrogens with one attached hydrogen (secondary N) is 3. The molecule has 122 valence electrons. The van der Waals surface area contributed by atoms with Crippen LogP contribution in [0.15, 0.2) is 41.8 Å². The van der Waals surface area contributed by atoms with Crippen LogP contribution in [-0.2, 0) is 12.2 Å². The summed E-state index contributed by atoms with van der Waals surface area (Å²) in [7, 11) is 0. The Morgan fingerprint density at radius 2 is 2.00 bits per heavy atom. The van der Waals surface area contributed by atoms with Crippen molar-refractivity contribution in [1.29, 1.82) is 0 Å². The highest BCUT2D eigenvalue weighted by Crippen LogP contribution is 2.10. The lowest BCUT2D eigenvalue weighted by atomic mass is 10.1. The molecule has 1 amide bonds. The van der Waals surface area contributed by atoms with Crippen LogP contribution in [-0.4, -0.2) is 23.8 Å². The molecule has 0 aliphatic carbocycles. The fourth-order valence-electron chi connectivity index (χ4n) is 1.90. The summed E-state index contributed by atoms with van der Waals surface area (Å²) < 4.78 is 0. The van der Waals surface area contributed by atoms with Crippen LogP contribution >= 0.6 is 35.3 Å². The summed E-state index contributed by atoms with van der Waals surface area (Å²) in [5.74, 6) is 0.737. The zero-order valence-electron chi connectivity index (χ0n) is 12.8. The first kappa shape index (κ1) is 17.8. The van der Waals surface area contributed by atoms with Crippen LogP contribution in [0.4, 0.5) is 0 Å². The maximum atomic E-state index is 12.0. The Balaban J connectivity index is 1.69. The maximum absolute atomic E-state index is 12.0. The van der Waals surface area contributed by atoms with Gasteiger partial charge in [0.15, 0.2) is 5.11 Å². The van der Waals surface area contributed by atoms with E-state index in [-0.39, 0.29) is 5.91 Å². The lowest BCUT2D eigenvalue weighted by Crippen LogP contribution is -2.47. The predicted octanol–water partition coefficient (Wildman–Crippen LogP) is 2.96. The first-order valence-electron chi connectivity index (χ1n) is 7.13. The average Bonchev–Trinajstić information content (AvgIpc) is 3.07. The highest BCUT2D eigenvalue weighted by Gasteiger charge is 2.05. The monoisotopic (exact) mass is 365 g/mol. The molecule has 2 rings (SSSR count). The SMILES string of the molecule is CSCc1ccc(C(=O)NNC(=S)NCCc2cccs2)cc1. The molecule has 0 saturated heterocycles. The number of thiocarbonyl (C=S) groups is 1. The summed E-state index contributed by atoms with van der Waals surface area (Å²) in [6, 6.07) is 11.7. The zero-order chi connectivity index (χ0) is 16.5. The van der Waals surface area contributed by atoms with E-state index < -0.39 is 0 Å². The van der Waals surface area contributed by atoms with Gasteiger partial charge >= 0.3 is 0 Å². The number of thioether (sulfide) groups is 1. The molecular formula is C16H19N3OS3. The fraction of sp³-hybridized carbons (Fsp3) is 0.250. The molecule has 7 heteroatoms. The van der Waals surface area contributed by atoms with Gasteiger partial charge in [0.1, 0.15) is 0 Å². The second-order valence-corrected chi connectivity index (χ2v) is 7.10. The average molecular weight is 366 g/mol. The van der Waals surface area contributed by atoms with E-state index in [0.29, 0.717) is 10.7 Å². The molecule has 0 saturated carbocycles. The summed E-state index contributed by atoms with van der Waals surface area (Å²) in [6.45, 7) is 0.728. The van der Waals surface area contributed by atoms with E-state index in [1.54, 1.807) is 23.1 Å². The Morgan fingerprint density at radius 1 is 1.22 bits per heavy atom. The number of hydrazine groups is 1. The van der Waals surface area contributed by atoms with Crippen LogP contribution in [0.5, 0.6) is 0 Å². The van der Waals surface area contributed by atoms with Crippen molar-refractivity contribution in [1.82, 2.24) is 16.2 Å². The topological polar surface area (TPSA) is 53.2 Å². The van der Waals surface area contributed by atoms with Gasteiger partial charge in [0.25, 0.3) is 5.91 Å². The summed E-state index contributed by atoms with van der Waals surface area (Å²) >= 11 is 8.61. The van der Waals surface area contributed by atoms with Crippen molar-refractivity contribution in [2.45, 2.75) is 12.2 Å². The van der Waals surface area contributed by atoms with Gasteiger partial charge in [0.2, 0.25) is 0 Å². The van der Waals surface area contributed by atoms with Gasteiger partial charge in [-0.1, -0.05) is 18.2 Å². The number of thiophene rings is 1. The van der Waals surface area contributed by atoms with Gasteiger partial charge in [0.05, 0.1) is 0 Å². The van der Waals surface area contributed by atoms with E-state index >= 15 is 0 Å². The van der Waals surface area contributed by atoms with Crippen LogP contribution < -0.4 is 16.2 Å². The van der Waals surface area contributed by atoms with Crippen molar-refractivity contribution in [3.8, 4) is 0 Å². The van der Waals surface area contributed by atoms with Gasteiger partial charge in [-0.25, -0.2) is 0 Å². The third kappa shape index (κ3) is 6.21. The molecule has 0 unspecified atom stereocenters. The standard InChI is InChI=1S/C16H19N3OS3/c1-22-11-12-4-6-13(7-5-12)15(20)18-19-16(21)17-9-8-14-3-2-10-23-14/h2-7,10H,8-9,11H2,1H3,(H,18,20)(H2,17,19,21). The number of hydrogen-bond acceptors (Lipinski definition) is 4. The van der Waals surface area contributed by atoms with Crippen LogP contribution in [0, 0.1) is 0 Å². The van der Waals surface area contributed by atoms with E-state index in [1.165, 1.54) is 10.4 Å². The van der Waals surface area contributed by atoms with Gasteiger partial charge in [-0.15, -0.1) is 11.3 Å². The van der Waals surface area contributed by atoms with Crippen LogP contribution in [0.2, 0.25) is 0 Å². The third-order valence-corrected chi connectivity index (χ3v) is 4.86. The fourth-order valence-corrected chi connectivity index (χ4v) is 3.29. The first-order valence-corrected chi connectivity index (χ1v) is 9.81. The molecule has 0 radical (unpaired) electrons. The Hall–Kier alpha value is -1.57. The molecule has 1 aromatic heterocycles. The van der Waals surface area contributed by atoms with Gasteiger partial charge in [-0.3, -0.25) is 15.6 Å². The second-order valence-electron chi connectivity index (χ2n) is 4.79. The molecule has 3 N–H and O–H groups in total. The molecule has 1 heterocycles. The number of carbonyl (C=O) groups is 1. The number of benzene rings is 1. The van der Waals surface area contributed by atoms with Gasteiger partial charge in [-0.2, -0.15) is 11.8 Å². The van der Waals surface area contributed by atoms with Gasteiger partial charge < -0.3 is 5.32 Å². The largest absolute Gasteiger partial charge is 0.361 e. The molecule has 0 aliphatic rings. The number of carbonyl (C=O) groups excluding carboxylic acids is 1. The zero-order valence-corrected chi connectivity index (χ0v) is 15.2. The van der Waals surface area contributed by atoms with Crippen molar-refractivity contribution in [2.75, 3.05) is 12.8 Å². The number of rotatable bonds is 6. The lowest BCUT2D eigenvalue weighted by molar-refractivity contribution is 0.0943. The molecule has 1 aromatic carbocycles. The molecule has 0 fully saturated rings. The normalized spacial score (nSPS) is 10.1. The Labute approximate surface area is 150 Å². The van der Waals surface area contributed by atoms with Crippen molar-refractivity contribution >= 4 is 46.3 Å². The Bertz CT molecular complexity index is 627. The highest BCUT2D eigenvalue weighted by atomic mass is 32.2. The second kappa shape index (κ2) is 9.54. The van der Waals surface area contributed by atoms with Crippen LogP contribution in [0.25, 0.3) is 0 Å². The molecule has 2 aromatic rings. The maximum Gasteiger partial charge on any atom is 0.269 e. The highest BCUT2D eigenvalue weighted by molar-refractivity contribution is 7.97. The molecule has 0 aliphatic heterocycles. The molecule has 0 spiro atoms. The molecule has 4 nitrogen and oxygen atoms in total. The van der Waals surface area contributed by atoms with E-state index in [1.807, 2.05) is 30.3 Å². The number of amides is 1. The van der Waals surface area contributed by atoms with Crippen molar-refractivity contribution in [3.05, 3.63) is 57.8 Å². The van der Waals surface area contributed by atoms with Crippen LogP contribution in [0.1, 0.15) is 20.8 Å². The molecule has 0 atom stereocenters. The summed E-state index contributed by atoms with van der Waals surface area (Å²) in [5, 5.41) is 5.53. The quantitative estimate of drug-likeness (QED) is 0.543. The summed E-state index contributed by atoms with van der Waals surface area (Å²) in [4.78, 5) is 13.3. The number of hydrogen-bond donors (Lipinski definition) is 3. The summed E-state index contributed by atoms with van der Waals surface area (Å²) in [5.41, 5.74) is 7.12. The Morgan fingerprint density at radius 3 is 2.65 bits per heavy atom. The Kier molecular flexibility index (Phi) is 7.38. The third-order valence-electron chi connectivity index (χ3n) is 3.05. The minimum Gasteiger partial charge on any atom is -0.361 e. The predicted molar refractivity (Wildman–Crippen MR) is 103 cm³/mol. The molecule has 0 bridgehead atoms. The smallest absolute Gasteiger partial charge is 0.269 e. The first-order chi connectivity index (χ1) is 11.2. The van der Waals surface area contributed by atoms with E-state index in [0.717, 1.165) is 18.7 Å². The van der Waals surface area contributed by atoms with E-state index in [2.05, 4.69) is 33.9 Å². The minimum absolute atomic E-state index is 0.205. The lowest BCUT2D eigenvalue weighted by Gasteiger charge is -2.11. The minimum atomic E-state index is -0.205. The van der Waals surface area contributed by atoms with Crippen LogP contribution in [0.3, 0.4) is 0 Å². The van der Waals surface area contributed by atoms with Gasteiger partial charge in [0, 0.05) is 22.7 Å². The molecule has 23 heavy (non-hydrogen) atoms. The van der Waals surface area contributed by atoms with Crippen molar-refractivity contribution < 1.29 is 4.79 Å². The van der Waals surface area contributed by atoms with Gasteiger partial charge in [-0.05, 0) is 54.0 Å². The molecular weight excluding hydrogens is 346 g/mol. The summed E-state index contributed by atoms with van der Waals surface area (Å²) in [6.07, 6.45) is 2.96. The van der Waals surface area contributed by atoms with E-state index in [4.69, 9.17) is 12.2 Å². The van der Waals surface area contributed by atoms with Crippen molar-refractivity contribution in [2.24, 2.45) is 0 Å². The van der Waals surface area contributed by atoms with Crippen molar-refractivity contribution in [3.63, 3.8) is 0 Å². The van der Waals surface area contributed by atoms with E-state index in [9.17, 15) is 4.79 Å².